The Morgan fingerprint density at radius 1 is 1.18 bits per heavy atom. The summed E-state index contributed by atoms with van der Waals surface area (Å²) >= 11 is 0. The maximum Gasteiger partial charge on any atom is 0.417 e. The Morgan fingerprint density at radius 3 is 2.66 bits per heavy atom. The molecule has 13 nitrogen and oxygen atoms in total. The van der Waals surface area contributed by atoms with Crippen LogP contribution in [0.1, 0.15) is 52.2 Å². The molecule has 1 unspecified atom stereocenters. The Bertz CT molecular complexity index is 1560. The van der Waals surface area contributed by atoms with E-state index in [0.717, 1.165) is 24.1 Å². The zero-order valence-electron chi connectivity index (χ0n) is 23.9. The van der Waals surface area contributed by atoms with Gasteiger partial charge in [-0.05, 0) is 30.0 Å². The molecule has 0 bridgehead atoms. The number of fused-ring (bicyclic) bond motifs is 1. The second-order valence-corrected chi connectivity index (χ2v) is 11.9. The number of pyridine rings is 1. The molecule has 1 saturated heterocycles. The van der Waals surface area contributed by atoms with Gasteiger partial charge in [0.25, 0.3) is 11.8 Å². The van der Waals surface area contributed by atoms with Crippen LogP contribution in [0, 0.1) is 0 Å². The first-order chi connectivity index (χ1) is 20.7. The molecule has 1 aromatic carbocycles. The number of aliphatic imine (C=N–C) groups is 2. The molecule has 5 atom stereocenters. The Kier molecular flexibility index (Phi) is 6.86. The summed E-state index contributed by atoms with van der Waals surface area (Å²) in [7, 11) is 0. The highest BCUT2D eigenvalue weighted by molar-refractivity contribution is 5.98. The molecule has 1 fully saturated rings. The second kappa shape index (κ2) is 10.2. The summed E-state index contributed by atoms with van der Waals surface area (Å²) in [6.45, 7) is 4.57. The van der Waals surface area contributed by atoms with E-state index in [4.69, 9.17) is 16.2 Å². The van der Waals surface area contributed by atoms with Gasteiger partial charge in [-0.3, -0.25) is 14.6 Å². The van der Waals surface area contributed by atoms with Crippen molar-refractivity contribution >= 4 is 23.7 Å². The Hall–Kier alpha value is -4.60. The van der Waals surface area contributed by atoms with Gasteiger partial charge in [-0.15, -0.1) is 0 Å². The van der Waals surface area contributed by atoms with Crippen molar-refractivity contribution in [2.24, 2.45) is 21.5 Å². The molecule has 4 aliphatic rings. The Morgan fingerprint density at radius 2 is 1.95 bits per heavy atom. The third kappa shape index (κ3) is 4.73. The average molecular weight is 616 g/mol. The van der Waals surface area contributed by atoms with Gasteiger partial charge in [0.1, 0.15) is 23.6 Å². The molecule has 2 amide bonds. The number of hydrogen-bond acceptors (Lipinski definition) is 11. The van der Waals surface area contributed by atoms with E-state index in [9.17, 15) is 27.9 Å². The third-order valence-corrected chi connectivity index (χ3v) is 8.73. The van der Waals surface area contributed by atoms with E-state index >= 15 is 0 Å². The molecule has 0 saturated carbocycles. The normalized spacial score (nSPS) is 28.4. The molecule has 0 radical (unpaired) electrons. The minimum atomic E-state index is -4.59. The molecule has 1 spiro atoms. The number of amides is 2. The number of benzene rings is 1. The summed E-state index contributed by atoms with van der Waals surface area (Å²) in [4.78, 5) is 40.4. The van der Waals surface area contributed by atoms with E-state index in [-0.39, 0.29) is 36.1 Å². The van der Waals surface area contributed by atoms with Crippen molar-refractivity contribution < 1.29 is 32.6 Å². The summed E-state index contributed by atoms with van der Waals surface area (Å²) in [5.74, 6) is -0.645. The molecule has 0 aliphatic carbocycles. The number of hydrogen-bond donors (Lipinski definition) is 6. The highest BCUT2D eigenvalue weighted by Gasteiger charge is 2.65. The molecule has 1 aromatic heterocycles. The summed E-state index contributed by atoms with van der Waals surface area (Å²) in [6, 6.07) is 4.64. The van der Waals surface area contributed by atoms with Crippen LogP contribution in [0.25, 0.3) is 0 Å². The number of ether oxygens (including phenoxy) is 1. The van der Waals surface area contributed by atoms with E-state index in [1.807, 2.05) is 6.07 Å². The van der Waals surface area contributed by atoms with Crippen LogP contribution >= 0.6 is 0 Å². The lowest BCUT2D eigenvalue weighted by Crippen LogP contribution is -2.73. The predicted molar refractivity (Wildman–Crippen MR) is 152 cm³/mol. The first-order valence-corrected chi connectivity index (χ1v) is 14.0. The fourth-order valence-corrected chi connectivity index (χ4v) is 6.38. The molecule has 8 N–H and O–H groups in total. The fourth-order valence-electron chi connectivity index (χ4n) is 6.38. The monoisotopic (exact) mass is 615 g/mol. The summed E-state index contributed by atoms with van der Waals surface area (Å²) in [6.07, 6.45) is -4.48. The first-order valence-electron chi connectivity index (χ1n) is 14.0. The van der Waals surface area contributed by atoms with Crippen LogP contribution < -0.4 is 32.2 Å². The van der Waals surface area contributed by atoms with Gasteiger partial charge in [-0.1, -0.05) is 26.0 Å². The van der Waals surface area contributed by atoms with Crippen LogP contribution in [0.3, 0.4) is 0 Å². The van der Waals surface area contributed by atoms with Gasteiger partial charge in [0.15, 0.2) is 17.6 Å². The first kappa shape index (κ1) is 29.5. The van der Waals surface area contributed by atoms with Crippen molar-refractivity contribution in [3.8, 4) is 5.75 Å². The summed E-state index contributed by atoms with van der Waals surface area (Å²) < 4.78 is 44.5. The van der Waals surface area contributed by atoms with Gasteiger partial charge in [0.2, 0.25) is 0 Å². The number of carbonyl (C=O) groups excluding carboxylic acids is 2. The SMILES string of the molecule is CC1(C)CCOc2c(C(=O)NC3CN4C(N)=N[C@@H](CNC(=O)c5ccc(C(F)(F)F)cn5)[C@@H]5N=C(N)N[C@@]54[C@@H]3O)cccc21. The minimum Gasteiger partial charge on any atom is -0.492 e. The number of carbonyl (C=O) groups is 2. The second-order valence-electron chi connectivity index (χ2n) is 11.9. The van der Waals surface area contributed by atoms with Gasteiger partial charge >= 0.3 is 6.18 Å². The van der Waals surface area contributed by atoms with Gasteiger partial charge in [0.05, 0.1) is 29.8 Å². The van der Waals surface area contributed by atoms with Crippen molar-refractivity contribution in [3.05, 3.63) is 58.9 Å². The minimum absolute atomic E-state index is 0.00409. The number of rotatable bonds is 5. The Balaban J connectivity index is 1.20. The van der Waals surface area contributed by atoms with E-state index in [1.54, 1.807) is 17.0 Å². The highest BCUT2D eigenvalue weighted by atomic mass is 19.4. The lowest BCUT2D eigenvalue weighted by Gasteiger charge is -2.46. The van der Waals surface area contributed by atoms with Gasteiger partial charge < -0.3 is 42.2 Å². The standard InChI is InChI=1S/C28H32F3N9O4/c1-26(2)8-9-44-19-14(4-3-5-15(19)26)22(42)36-18-12-40-25(33)37-17(20-27(40,21(18)41)39-24(32)38-20)11-35-23(43)16-7-6-13(10-34-16)28(29,30)31/h3-7,10,17-18,20-21,41H,8-9,11-12H2,1-2H3,(H2,33,37)(H,35,43)(H,36,42)(H3,32,38,39)/t17-,18?,20-,21+,27-/m0/s1. The van der Waals surface area contributed by atoms with Crippen molar-refractivity contribution in [1.29, 1.82) is 0 Å². The lowest BCUT2D eigenvalue weighted by atomic mass is 9.79. The van der Waals surface area contributed by atoms with Crippen molar-refractivity contribution in [2.75, 3.05) is 19.7 Å². The molecular weight excluding hydrogens is 583 g/mol. The number of halogens is 3. The lowest BCUT2D eigenvalue weighted by molar-refractivity contribution is -0.137. The number of nitrogens with one attached hydrogen (secondary N) is 3. The number of aliphatic hydroxyl groups is 1. The molecule has 2 aromatic rings. The smallest absolute Gasteiger partial charge is 0.417 e. The molecule has 6 rings (SSSR count). The van der Waals surface area contributed by atoms with Crippen LogP contribution in [0.15, 0.2) is 46.5 Å². The van der Waals surface area contributed by atoms with Crippen LogP contribution in [0.2, 0.25) is 0 Å². The van der Waals surface area contributed by atoms with Gasteiger partial charge in [-0.25, -0.2) is 9.98 Å². The van der Waals surface area contributed by atoms with E-state index in [0.29, 0.717) is 24.1 Å². The Labute approximate surface area is 249 Å². The molecule has 44 heavy (non-hydrogen) atoms. The van der Waals surface area contributed by atoms with Gasteiger partial charge in [0, 0.05) is 24.8 Å². The molecule has 16 heteroatoms. The molecule has 5 heterocycles. The van der Waals surface area contributed by atoms with E-state index < -0.39 is 53.4 Å². The number of guanidine groups is 2. The van der Waals surface area contributed by atoms with Crippen LogP contribution in [0.5, 0.6) is 5.75 Å². The van der Waals surface area contributed by atoms with E-state index in [2.05, 4.69) is 44.8 Å². The molecular formula is C28H32F3N9O4. The van der Waals surface area contributed by atoms with Crippen molar-refractivity contribution in [1.82, 2.24) is 25.8 Å². The highest BCUT2D eigenvalue weighted by Crippen LogP contribution is 2.42. The number of para-hydroxylation sites is 1. The topological polar surface area (TPSA) is 193 Å². The number of nitrogens with zero attached hydrogens (tertiary/aromatic N) is 4. The quantitative estimate of drug-likeness (QED) is 0.270. The van der Waals surface area contributed by atoms with Crippen LogP contribution in [-0.4, -0.2) is 88.3 Å². The van der Waals surface area contributed by atoms with Crippen molar-refractivity contribution in [2.45, 2.75) is 61.8 Å². The number of alkyl halides is 3. The van der Waals surface area contributed by atoms with Crippen LogP contribution in [-0.2, 0) is 11.6 Å². The number of aromatic nitrogens is 1. The fraction of sp³-hybridized carbons (Fsp3) is 0.464. The predicted octanol–water partition coefficient (Wildman–Crippen LogP) is 0.0451. The van der Waals surface area contributed by atoms with Gasteiger partial charge in [-0.2, -0.15) is 13.2 Å². The number of aliphatic hydroxyl groups excluding tert-OH is 1. The average Bonchev–Trinajstić information content (AvgIpc) is 3.46. The maximum absolute atomic E-state index is 13.6. The summed E-state index contributed by atoms with van der Waals surface area (Å²) in [5, 5.41) is 20.2. The van der Waals surface area contributed by atoms with Crippen molar-refractivity contribution in [3.63, 3.8) is 0 Å². The van der Waals surface area contributed by atoms with E-state index in [1.165, 1.54) is 0 Å². The molecule has 4 aliphatic heterocycles. The third-order valence-electron chi connectivity index (χ3n) is 8.73. The largest absolute Gasteiger partial charge is 0.492 e. The van der Waals surface area contributed by atoms with Crippen LogP contribution in [0.4, 0.5) is 13.2 Å². The number of nitrogens with two attached hydrogens (primary N) is 2. The molecule has 234 valence electrons. The maximum atomic E-state index is 13.6. The zero-order chi connectivity index (χ0) is 31.6. The summed E-state index contributed by atoms with van der Waals surface area (Å²) in [5.41, 5.74) is 10.9. The zero-order valence-corrected chi connectivity index (χ0v) is 23.9.